The molecule has 0 radical (unpaired) electrons. The van der Waals surface area contributed by atoms with Gasteiger partial charge in [0.05, 0.1) is 11.4 Å². The van der Waals surface area contributed by atoms with Crippen LogP contribution in [0.25, 0.3) is 57.4 Å². The summed E-state index contributed by atoms with van der Waals surface area (Å²) in [5, 5.41) is 6.95. The molecule has 0 unspecified atom stereocenters. The maximum Gasteiger partial charge on any atom is 1.00 e. The van der Waals surface area contributed by atoms with E-state index < -0.39 is 0 Å². The quantitative estimate of drug-likeness (QED) is 0.315. The van der Waals surface area contributed by atoms with Crippen molar-refractivity contribution in [2.24, 2.45) is 0 Å². The minimum atomic E-state index is 0. The van der Waals surface area contributed by atoms with Crippen LogP contribution in [0.1, 0.15) is 23.6 Å². The average Bonchev–Trinajstić information content (AvgIpc) is 3.28. The number of hydrogen-bond acceptors (Lipinski definition) is 1. The van der Waals surface area contributed by atoms with E-state index in [0.29, 0.717) is 0 Å². The molecular weight excluding hydrogens is 487 g/mol. The van der Waals surface area contributed by atoms with E-state index in [4.69, 9.17) is 4.98 Å². The van der Waals surface area contributed by atoms with Gasteiger partial charge in [-0.25, -0.2) is 0 Å². The van der Waals surface area contributed by atoms with Gasteiger partial charge in [0, 0.05) is 16.6 Å². The fraction of sp³-hybridized carbons (Fsp3) is 0.0286. The van der Waals surface area contributed by atoms with Crippen molar-refractivity contribution in [1.82, 2.24) is 4.98 Å². The number of benzene rings is 4. The van der Waals surface area contributed by atoms with Gasteiger partial charge in [-0.2, -0.15) is 0 Å². The van der Waals surface area contributed by atoms with Crippen molar-refractivity contribution in [1.29, 1.82) is 0 Å². The van der Waals surface area contributed by atoms with Crippen LogP contribution in [0, 0.1) is 0 Å². The zero-order valence-corrected chi connectivity index (χ0v) is 24.8. The summed E-state index contributed by atoms with van der Waals surface area (Å²) in [4.78, 5) is 7.42. The molecule has 0 amide bonds. The number of aromatic nitrogens is 1. The Bertz CT molecular complexity index is 2030. The summed E-state index contributed by atoms with van der Waals surface area (Å²) in [5.74, 6) is 0. The molecule has 0 saturated heterocycles. The molecule has 3 heteroatoms. The van der Waals surface area contributed by atoms with Gasteiger partial charge in [-0.3, -0.25) is 0 Å². The normalized spacial score (nSPS) is 12.9. The molecule has 7 rings (SSSR count). The Hall–Kier alpha value is -3.18. The maximum absolute atomic E-state index is 5.05. The fourth-order valence-electron chi connectivity index (χ4n) is 5.84. The molecule has 0 saturated carbocycles. The number of allylic oxidation sites excluding steroid dienone is 1. The van der Waals surface area contributed by atoms with Gasteiger partial charge in [-0.05, 0) is 68.9 Å². The molecule has 38 heavy (non-hydrogen) atoms. The molecule has 0 fully saturated rings. The smallest absolute Gasteiger partial charge is 0.657 e. The van der Waals surface area contributed by atoms with E-state index >= 15 is 0 Å². The van der Waals surface area contributed by atoms with E-state index in [1.54, 1.807) is 0 Å². The molecule has 0 N–H and O–H groups in total. The van der Waals surface area contributed by atoms with Gasteiger partial charge in [0.25, 0.3) is 0 Å². The average molecular weight is 513 g/mol. The molecule has 0 spiro atoms. The van der Waals surface area contributed by atoms with Crippen LogP contribution in [0.5, 0.6) is 0 Å². The van der Waals surface area contributed by atoms with E-state index in [1.807, 2.05) is 12.1 Å². The Morgan fingerprint density at radius 3 is 2.26 bits per heavy atom. The van der Waals surface area contributed by atoms with Crippen LogP contribution < -0.4 is 71.7 Å². The summed E-state index contributed by atoms with van der Waals surface area (Å²) in [6, 6.07) is 29.7. The molecule has 1 aliphatic heterocycles. The van der Waals surface area contributed by atoms with Gasteiger partial charge in [-0.1, -0.05) is 98.1 Å². The number of rotatable bonds is 4. The number of anilines is 3. The van der Waals surface area contributed by atoms with Crippen LogP contribution in [-0.2, 0) is 0 Å². The van der Waals surface area contributed by atoms with E-state index in [-0.39, 0.29) is 51.4 Å². The summed E-state index contributed by atoms with van der Waals surface area (Å²) in [5.41, 5.74) is 8.97. The summed E-state index contributed by atoms with van der Waals surface area (Å²) in [7, 11) is 0. The van der Waals surface area contributed by atoms with Crippen molar-refractivity contribution in [3.05, 3.63) is 125 Å². The minimum Gasteiger partial charge on any atom is -0.657 e. The second kappa shape index (κ2) is 9.85. The first-order valence-corrected chi connectivity index (χ1v) is 12.6. The minimum absolute atomic E-state index is 0. The van der Waals surface area contributed by atoms with Gasteiger partial charge in [0.15, 0.2) is 0 Å². The molecule has 6 aromatic rings. The Morgan fingerprint density at radius 2 is 1.50 bits per heavy atom. The SMILES string of the molecule is C=Cc1c(/C=C\C)c(/C=c2/ccccc2=C)c2c3c(ccc4[n-]c5cccc1c5c43)N2c1ccccc1.[K+]. The summed E-state index contributed by atoms with van der Waals surface area (Å²) < 4.78 is 0. The van der Waals surface area contributed by atoms with Gasteiger partial charge in [0.1, 0.15) is 0 Å². The van der Waals surface area contributed by atoms with E-state index in [0.717, 1.165) is 43.8 Å². The van der Waals surface area contributed by atoms with Gasteiger partial charge in [-0.15, -0.1) is 11.0 Å². The van der Waals surface area contributed by atoms with E-state index in [2.05, 4.69) is 122 Å². The molecule has 0 atom stereocenters. The molecule has 5 aromatic carbocycles. The zero-order chi connectivity index (χ0) is 25.1. The van der Waals surface area contributed by atoms with E-state index in [1.165, 1.54) is 32.9 Å². The van der Waals surface area contributed by atoms with Crippen LogP contribution in [-0.4, -0.2) is 0 Å². The number of hydrogen-bond donors (Lipinski definition) is 0. The largest absolute Gasteiger partial charge is 1.00 e. The fourth-order valence-corrected chi connectivity index (χ4v) is 5.84. The van der Waals surface area contributed by atoms with Crippen LogP contribution in [0.3, 0.4) is 0 Å². The van der Waals surface area contributed by atoms with Crippen LogP contribution in [0.4, 0.5) is 17.1 Å². The molecular formula is C35H25KN2. The molecule has 2 heterocycles. The Morgan fingerprint density at radius 1 is 0.737 bits per heavy atom. The summed E-state index contributed by atoms with van der Waals surface area (Å²) in [6.07, 6.45) is 8.61. The monoisotopic (exact) mass is 512 g/mol. The zero-order valence-electron chi connectivity index (χ0n) is 21.7. The molecule has 0 bridgehead atoms. The molecule has 176 valence electrons. The standard InChI is InChI=1S/C35H25N2.K/c1-4-12-26-25(5-2)27-17-11-18-29-32(27)33-30(36-29)19-20-31-34(33)35(37(31)24-15-7-6-8-16-24)28(26)21-23-14-10-9-13-22(23)3;/h4-21H,2-3H2,1H3;/q-1;+1/b12-4-,23-21-,26-25?,27-25?,28-26?,35-28?;. The number of nitrogens with zero attached hydrogens (tertiary/aromatic N) is 2. The van der Waals surface area contributed by atoms with E-state index in [9.17, 15) is 0 Å². The van der Waals surface area contributed by atoms with Crippen molar-refractivity contribution in [2.75, 3.05) is 4.90 Å². The molecule has 2 nitrogen and oxygen atoms in total. The van der Waals surface area contributed by atoms with Crippen molar-refractivity contribution in [2.45, 2.75) is 6.92 Å². The third-order valence-electron chi connectivity index (χ3n) is 7.43. The van der Waals surface area contributed by atoms with Crippen molar-refractivity contribution in [3.63, 3.8) is 0 Å². The molecule has 1 aromatic heterocycles. The Kier molecular flexibility index (Phi) is 6.51. The second-order valence-corrected chi connectivity index (χ2v) is 9.47. The molecule has 0 aliphatic carbocycles. The molecule has 1 aliphatic rings. The first kappa shape index (κ1) is 25.1. The van der Waals surface area contributed by atoms with Gasteiger partial charge < -0.3 is 9.88 Å². The van der Waals surface area contributed by atoms with Gasteiger partial charge >= 0.3 is 51.4 Å². The van der Waals surface area contributed by atoms with Gasteiger partial charge in [0.2, 0.25) is 0 Å². The maximum atomic E-state index is 5.05. The van der Waals surface area contributed by atoms with Crippen LogP contribution >= 0.6 is 0 Å². The first-order valence-electron chi connectivity index (χ1n) is 12.6. The van der Waals surface area contributed by atoms with Crippen molar-refractivity contribution in [3.8, 4) is 0 Å². The second-order valence-electron chi connectivity index (χ2n) is 9.47. The summed E-state index contributed by atoms with van der Waals surface area (Å²) in [6.45, 7) is 10.7. The van der Waals surface area contributed by atoms with Crippen molar-refractivity contribution >= 4 is 74.4 Å². The first-order chi connectivity index (χ1) is 18.2. The van der Waals surface area contributed by atoms with Crippen molar-refractivity contribution < 1.29 is 51.4 Å². The third-order valence-corrected chi connectivity index (χ3v) is 7.43. The Labute approximate surface area is 264 Å². The Balaban J connectivity index is 0.00000264. The van der Waals surface area contributed by atoms with Crippen LogP contribution in [0.15, 0.2) is 97.6 Å². The number of para-hydroxylation sites is 1. The van der Waals surface area contributed by atoms with Crippen LogP contribution in [0.2, 0.25) is 0 Å². The third kappa shape index (κ3) is 3.62. The summed E-state index contributed by atoms with van der Waals surface area (Å²) >= 11 is 0. The predicted molar refractivity (Wildman–Crippen MR) is 160 cm³/mol. The topological polar surface area (TPSA) is 17.3 Å². The predicted octanol–water partition coefficient (Wildman–Crippen LogP) is 4.81.